The molecule has 0 aromatic carbocycles. The van der Waals surface area contributed by atoms with Crippen molar-refractivity contribution in [2.45, 2.75) is 0 Å². The van der Waals surface area contributed by atoms with Crippen LogP contribution in [0.5, 0.6) is 0 Å². The van der Waals surface area contributed by atoms with Gasteiger partial charge in [0.2, 0.25) is 0 Å². The molecule has 0 heterocycles. The van der Waals surface area contributed by atoms with Crippen LogP contribution in [0.4, 0.5) is 0 Å². The Morgan fingerprint density at radius 3 is 1.17 bits per heavy atom. The van der Waals surface area contributed by atoms with E-state index < -0.39 is 19.1 Å². The molecule has 0 rings (SSSR count). The monoisotopic (exact) mass is 208 g/mol. The summed E-state index contributed by atoms with van der Waals surface area (Å²) in [5.41, 5.74) is 0. The van der Waals surface area contributed by atoms with Crippen molar-refractivity contribution >= 4 is 0 Å². The zero-order valence-electron chi connectivity index (χ0n) is 2.93. The molecular formula is O3Ti2Zn. The molecule has 0 aliphatic carbocycles. The van der Waals surface area contributed by atoms with Crippen molar-refractivity contribution < 1.29 is 69.3 Å². The smallest absolute Gasteiger partial charge is 0 e. The zero-order valence-corrected chi connectivity index (χ0v) is 9.02. The van der Waals surface area contributed by atoms with Gasteiger partial charge in [-0.1, -0.05) is 0 Å². The van der Waals surface area contributed by atoms with Crippen molar-refractivity contribution in [1.82, 2.24) is 0 Å². The molecule has 0 amide bonds. The summed E-state index contributed by atoms with van der Waals surface area (Å²) in [6, 6.07) is 0. The average Bonchev–Trinajstić information content (AvgIpc) is 1.46. The summed E-state index contributed by atoms with van der Waals surface area (Å²) in [5.74, 6) is 0. The molecule has 0 bridgehead atoms. The Hall–Kier alpha value is 1.45. The van der Waals surface area contributed by atoms with Gasteiger partial charge in [0.1, 0.15) is 0 Å². The van der Waals surface area contributed by atoms with Crippen molar-refractivity contribution in [2.75, 3.05) is 0 Å². The average molecular weight is 209 g/mol. The third-order valence-electron chi connectivity index (χ3n) is 0. The summed E-state index contributed by atoms with van der Waals surface area (Å²) in [5, 5.41) is 0. The van der Waals surface area contributed by atoms with Gasteiger partial charge in [-0.3, -0.25) is 0 Å². The fourth-order valence-corrected chi connectivity index (χ4v) is 0. The van der Waals surface area contributed by atoms with E-state index in [1.165, 1.54) is 0 Å². The minimum atomic E-state index is -2.00. The standard InChI is InChI=1S/3O.2Ti.Zn. The Labute approximate surface area is 68.6 Å². The van der Waals surface area contributed by atoms with Gasteiger partial charge in [0.15, 0.2) is 0 Å². The normalized spacial score (nSPS) is 2.33. The topological polar surface area (TPSA) is 51.2 Å². The Morgan fingerprint density at radius 1 is 1.17 bits per heavy atom. The largest absolute Gasteiger partial charge is 0 e. The maximum absolute atomic E-state index is 8.50. The van der Waals surface area contributed by atoms with Crippen molar-refractivity contribution in [3.05, 3.63) is 0 Å². The third-order valence-corrected chi connectivity index (χ3v) is 0. The van der Waals surface area contributed by atoms with Crippen LogP contribution in [0.25, 0.3) is 0 Å². The van der Waals surface area contributed by atoms with E-state index in [1.54, 1.807) is 0 Å². The molecule has 6 heavy (non-hydrogen) atoms. The van der Waals surface area contributed by atoms with Gasteiger partial charge in [-0.25, -0.2) is 0 Å². The van der Waals surface area contributed by atoms with Crippen LogP contribution in [-0.4, -0.2) is 0 Å². The van der Waals surface area contributed by atoms with E-state index in [2.05, 4.69) is 0 Å². The number of hydrogen-bond acceptors (Lipinski definition) is 3. The molecule has 6 heteroatoms. The van der Waals surface area contributed by atoms with Gasteiger partial charge in [-0.15, -0.1) is 0 Å². The molecule has 0 aromatic rings. The van der Waals surface area contributed by atoms with Gasteiger partial charge in [-0.05, 0) is 0 Å². The Bertz CT molecular complexity index is 38.1. The van der Waals surface area contributed by atoms with Gasteiger partial charge in [0.25, 0.3) is 0 Å². The van der Waals surface area contributed by atoms with E-state index >= 15 is 0 Å². The first kappa shape index (κ1) is 15.7. The maximum atomic E-state index is 8.50. The molecule has 0 saturated carbocycles. The van der Waals surface area contributed by atoms with Crippen LogP contribution in [0, 0.1) is 0 Å². The Balaban J connectivity index is -0.0000000275. The second-order valence-electron chi connectivity index (χ2n) is 0.0833. The zero-order chi connectivity index (χ0) is 4.71. The van der Waals surface area contributed by atoms with Gasteiger partial charge < -0.3 is 0 Å². The molecule has 3 nitrogen and oxygen atoms in total. The molecule has 0 aliphatic heterocycles. The molecular weight excluding hydrogens is 209 g/mol. The summed E-state index contributed by atoms with van der Waals surface area (Å²) in [6.07, 6.45) is 0. The molecule has 0 fully saturated rings. The van der Waals surface area contributed by atoms with Gasteiger partial charge in [-0.2, -0.15) is 0 Å². The van der Waals surface area contributed by atoms with E-state index in [4.69, 9.17) is 10.2 Å². The summed E-state index contributed by atoms with van der Waals surface area (Å²) in [6.45, 7) is 0. The fourth-order valence-electron chi connectivity index (χ4n) is 0. The predicted molar refractivity (Wildman–Crippen MR) is 2.06 cm³/mol. The Morgan fingerprint density at radius 2 is 1.17 bits per heavy atom. The van der Waals surface area contributed by atoms with E-state index in [0.717, 1.165) is 0 Å². The second-order valence-corrected chi connectivity index (χ2v) is 0.344. The van der Waals surface area contributed by atoms with Crippen molar-refractivity contribution in [3.63, 3.8) is 0 Å². The first-order chi connectivity index (χ1) is 2.41. The molecule has 28 valence electrons. The van der Waals surface area contributed by atoms with Gasteiger partial charge in [0.05, 0.1) is 0 Å². The van der Waals surface area contributed by atoms with Gasteiger partial charge in [0, 0.05) is 21.7 Å². The number of hydrogen-bond donors (Lipinski definition) is 0. The molecule has 0 radical (unpaired) electrons. The molecule has 0 unspecified atom stereocenters. The van der Waals surface area contributed by atoms with Crippen molar-refractivity contribution in [1.29, 1.82) is 0 Å². The second kappa shape index (κ2) is 31.9. The number of rotatable bonds is 0. The van der Waals surface area contributed by atoms with Crippen LogP contribution in [0.1, 0.15) is 0 Å². The van der Waals surface area contributed by atoms with Crippen LogP contribution < -0.4 is 0 Å². The summed E-state index contributed by atoms with van der Waals surface area (Å²) in [7, 11) is 0. The van der Waals surface area contributed by atoms with Crippen LogP contribution in [-0.2, 0) is 69.3 Å². The van der Waals surface area contributed by atoms with Crippen LogP contribution in [0.3, 0.4) is 0 Å². The Kier molecular flexibility index (Phi) is 83.2. The third kappa shape index (κ3) is 51.3. The van der Waals surface area contributed by atoms with E-state index in [1.807, 2.05) is 0 Å². The minimum absolute atomic E-state index is 0. The fraction of sp³-hybridized carbons (Fsp3) is 0. The molecule has 0 spiro atoms. The van der Waals surface area contributed by atoms with Crippen LogP contribution in [0.15, 0.2) is 0 Å². The van der Waals surface area contributed by atoms with Crippen molar-refractivity contribution in [2.24, 2.45) is 0 Å². The van der Waals surface area contributed by atoms with Crippen molar-refractivity contribution in [3.8, 4) is 0 Å². The molecule has 0 aliphatic rings. The molecule has 0 atom stereocenters. The molecule has 0 saturated heterocycles. The van der Waals surface area contributed by atoms with E-state index in [0.29, 0.717) is 0 Å². The van der Waals surface area contributed by atoms with E-state index in [-0.39, 0.29) is 40.0 Å². The molecule has 0 aromatic heterocycles. The summed E-state index contributed by atoms with van der Waals surface area (Å²) in [4.78, 5) is 0. The predicted octanol–water partition coefficient (Wildman–Crippen LogP) is -0.364. The SMILES string of the molecule is [O]=[Ti]=[O].[O]=[Zn].[Ti]. The first-order valence-electron chi connectivity index (χ1n) is 0.697. The van der Waals surface area contributed by atoms with Gasteiger partial charge >= 0.3 is 47.6 Å². The molecule has 0 N–H and O–H groups in total. The van der Waals surface area contributed by atoms with Crippen LogP contribution in [0.2, 0.25) is 0 Å². The van der Waals surface area contributed by atoms with Crippen LogP contribution >= 0.6 is 0 Å². The summed E-state index contributed by atoms with van der Waals surface area (Å²) < 4.78 is 25.4. The summed E-state index contributed by atoms with van der Waals surface area (Å²) >= 11 is -1.88. The first-order valence-corrected chi connectivity index (χ1v) is 3.18. The maximum Gasteiger partial charge on any atom is 0 e. The quantitative estimate of drug-likeness (QED) is 0.512. The minimum Gasteiger partial charge on any atom is 0 e. The van der Waals surface area contributed by atoms with E-state index in [9.17, 15) is 0 Å².